The number of nitrogen functional groups attached to an aromatic ring is 1. The van der Waals surface area contributed by atoms with Gasteiger partial charge in [0.15, 0.2) is 0 Å². The molecular formula is C12H15N3O. The first kappa shape index (κ1) is 12.1. The molecule has 16 heavy (non-hydrogen) atoms. The van der Waals surface area contributed by atoms with Gasteiger partial charge in [-0.2, -0.15) is 5.26 Å². The second kappa shape index (κ2) is 4.23. The number of amides is 1. The zero-order chi connectivity index (χ0) is 12.3. The summed E-state index contributed by atoms with van der Waals surface area (Å²) in [6, 6.07) is 6.83. The number of anilines is 2. The molecule has 0 radical (unpaired) electrons. The largest absolute Gasteiger partial charge is 0.399 e. The molecule has 3 N–H and O–H groups in total. The summed E-state index contributed by atoms with van der Waals surface area (Å²) < 4.78 is 0. The van der Waals surface area contributed by atoms with Crippen LogP contribution in [-0.4, -0.2) is 5.91 Å². The first-order valence-electron chi connectivity index (χ1n) is 4.95. The summed E-state index contributed by atoms with van der Waals surface area (Å²) in [5, 5.41) is 11.6. The third-order valence-corrected chi connectivity index (χ3v) is 2.09. The zero-order valence-corrected chi connectivity index (χ0v) is 9.66. The van der Waals surface area contributed by atoms with Crippen molar-refractivity contribution >= 4 is 17.3 Å². The molecule has 0 saturated heterocycles. The van der Waals surface area contributed by atoms with Crippen LogP contribution in [0.3, 0.4) is 0 Å². The van der Waals surface area contributed by atoms with E-state index in [1.165, 1.54) is 6.07 Å². The highest BCUT2D eigenvalue weighted by molar-refractivity contribution is 5.95. The summed E-state index contributed by atoms with van der Waals surface area (Å²) in [7, 11) is 0. The molecule has 0 heterocycles. The van der Waals surface area contributed by atoms with Gasteiger partial charge in [-0.25, -0.2) is 0 Å². The minimum Gasteiger partial charge on any atom is -0.399 e. The van der Waals surface area contributed by atoms with Crippen molar-refractivity contribution in [3.05, 3.63) is 23.8 Å². The highest BCUT2D eigenvalue weighted by Crippen LogP contribution is 2.21. The monoisotopic (exact) mass is 217 g/mol. The highest BCUT2D eigenvalue weighted by Gasteiger charge is 2.21. The Kier molecular flexibility index (Phi) is 3.19. The fraction of sp³-hybridized carbons (Fsp3) is 0.333. The molecule has 4 heteroatoms. The summed E-state index contributed by atoms with van der Waals surface area (Å²) in [6.07, 6.45) is 0. The van der Waals surface area contributed by atoms with E-state index in [0.717, 1.165) is 0 Å². The lowest BCUT2D eigenvalue weighted by atomic mass is 9.95. The average molecular weight is 217 g/mol. The molecule has 0 aliphatic carbocycles. The Morgan fingerprint density at radius 2 is 2.06 bits per heavy atom. The number of hydrogen-bond acceptors (Lipinski definition) is 3. The Morgan fingerprint density at radius 3 is 2.56 bits per heavy atom. The molecule has 1 rings (SSSR count). The van der Waals surface area contributed by atoms with Gasteiger partial charge in [0.05, 0.1) is 11.3 Å². The number of nitrogens with zero attached hydrogens (tertiary/aromatic N) is 1. The van der Waals surface area contributed by atoms with Gasteiger partial charge in [-0.15, -0.1) is 0 Å². The topological polar surface area (TPSA) is 78.9 Å². The van der Waals surface area contributed by atoms with Crippen LogP contribution in [0.4, 0.5) is 11.4 Å². The van der Waals surface area contributed by atoms with Crippen molar-refractivity contribution in [2.75, 3.05) is 11.1 Å². The Labute approximate surface area is 95.1 Å². The number of benzene rings is 1. The van der Waals surface area contributed by atoms with Gasteiger partial charge in [0.25, 0.3) is 0 Å². The number of rotatable bonds is 1. The van der Waals surface area contributed by atoms with E-state index in [-0.39, 0.29) is 5.91 Å². The van der Waals surface area contributed by atoms with E-state index >= 15 is 0 Å². The van der Waals surface area contributed by atoms with Crippen molar-refractivity contribution in [2.45, 2.75) is 20.8 Å². The number of hydrogen-bond donors (Lipinski definition) is 2. The highest BCUT2D eigenvalue weighted by atomic mass is 16.2. The van der Waals surface area contributed by atoms with Gasteiger partial charge >= 0.3 is 0 Å². The van der Waals surface area contributed by atoms with Crippen molar-refractivity contribution in [1.82, 2.24) is 0 Å². The van der Waals surface area contributed by atoms with Gasteiger partial charge < -0.3 is 11.1 Å². The first-order chi connectivity index (χ1) is 7.34. The maximum absolute atomic E-state index is 11.7. The predicted molar refractivity (Wildman–Crippen MR) is 63.7 cm³/mol. The summed E-state index contributed by atoms with van der Waals surface area (Å²) in [4.78, 5) is 11.7. The lowest BCUT2D eigenvalue weighted by Crippen LogP contribution is -2.27. The lowest BCUT2D eigenvalue weighted by Gasteiger charge is -2.18. The maximum atomic E-state index is 11.7. The molecule has 84 valence electrons. The molecule has 0 aromatic heterocycles. The van der Waals surface area contributed by atoms with Gasteiger partial charge in [0.2, 0.25) is 5.91 Å². The van der Waals surface area contributed by atoms with Crippen LogP contribution >= 0.6 is 0 Å². The Morgan fingerprint density at radius 1 is 1.44 bits per heavy atom. The summed E-state index contributed by atoms with van der Waals surface area (Å²) in [6.45, 7) is 5.43. The molecule has 0 unspecified atom stereocenters. The van der Waals surface area contributed by atoms with Crippen LogP contribution in [0.15, 0.2) is 18.2 Å². The predicted octanol–water partition coefficient (Wildman–Crippen LogP) is 2.13. The molecule has 1 amide bonds. The van der Waals surface area contributed by atoms with Gasteiger partial charge in [-0.3, -0.25) is 4.79 Å². The van der Waals surface area contributed by atoms with Gasteiger partial charge in [0, 0.05) is 11.1 Å². The van der Waals surface area contributed by atoms with E-state index < -0.39 is 5.41 Å². The van der Waals surface area contributed by atoms with E-state index in [1.54, 1.807) is 12.1 Å². The Hall–Kier alpha value is -2.02. The third kappa shape index (κ3) is 2.74. The van der Waals surface area contributed by atoms with Gasteiger partial charge in [-0.1, -0.05) is 20.8 Å². The smallest absolute Gasteiger partial charge is 0.229 e. The van der Waals surface area contributed by atoms with Crippen LogP contribution in [-0.2, 0) is 4.79 Å². The number of carbonyl (C=O) groups is 1. The zero-order valence-electron chi connectivity index (χ0n) is 9.66. The van der Waals surface area contributed by atoms with E-state index in [9.17, 15) is 4.79 Å². The van der Waals surface area contributed by atoms with E-state index in [4.69, 9.17) is 11.0 Å². The molecule has 0 saturated carbocycles. The maximum Gasteiger partial charge on any atom is 0.229 e. The minimum atomic E-state index is -0.492. The van der Waals surface area contributed by atoms with Crippen molar-refractivity contribution in [1.29, 1.82) is 5.26 Å². The quantitative estimate of drug-likeness (QED) is 0.707. The van der Waals surface area contributed by atoms with E-state index in [0.29, 0.717) is 16.9 Å². The molecule has 0 bridgehead atoms. The molecular weight excluding hydrogens is 202 g/mol. The minimum absolute atomic E-state index is 0.131. The number of carbonyl (C=O) groups excluding carboxylic acids is 1. The van der Waals surface area contributed by atoms with E-state index in [1.807, 2.05) is 26.8 Å². The summed E-state index contributed by atoms with van der Waals surface area (Å²) >= 11 is 0. The van der Waals surface area contributed by atoms with Crippen molar-refractivity contribution in [3.63, 3.8) is 0 Å². The van der Waals surface area contributed by atoms with Crippen LogP contribution in [0.1, 0.15) is 26.3 Å². The SMILES string of the molecule is CC(C)(C)C(=O)Nc1ccc(N)cc1C#N. The average Bonchev–Trinajstić information content (AvgIpc) is 2.19. The van der Waals surface area contributed by atoms with Crippen molar-refractivity contribution < 1.29 is 4.79 Å². The van der Waals surface area contributed by atoms with Gasteiger partial charge in [0.1, 0.15) is 6.07 Å². The fourth-order valence-electron chi connectivity index (χ4n) is 1.07. The molecule has 0 aliphatic heterocycles. The molecule has 4 nitrogen and oxygen atoms in total. The van der Waals surface area contributed by atoms with Crippen LogP contribution in [0.5, 0.6) is 0 Å². The third-order valence-electron chi connectivity index (χ3n) is 2.09. The second-order valence-corrected chi connectivity index (χ2v) is 4.62. The molecule has 1 aromatic carbocycles. The fourth-order valence-corrected chi connectivity index (χ4v) is 1.07. The number of nitriles is 1. The molecule has 0 aliphatic rings. The second-order valence-electron chi connectivity index (χ2n) is 4.62. The van der Waals surface area contributed by atoms with Crippen molar-refractivity contribution in [3.8, 4) is 6.07 Å². The lowest BCUT2D eigenvalue weighted by molar-refractivity contribution is -0.123. The molecule has 0 fully saturated rings. The van der Waals surface area contributed by atoms with E-state index in [2.05, 4.69) is 5.32 Å². The first-order valence-corrected chi connectivity index (χ1v) is 4.95. The molecule has 0 spiro atoms. The Bertz CT molecular complexity index is 452. The normalized spacial score (nSPS) is 10.6. The van der Waals surface area contributed by atoms with Gasteiger partial charge in [-0.05, 0) is 18.2 Å². The van der Waals surface area contributed by atoms with Crippen LogP contribution in [0, 0.1) is 16.7 Å². The number of nitrogens with one attached hydrogen (secondary N) is 1. The summed E-state index contributed by atoms with van der Waals surface area (Å²) in [5.74, 6) is -0.131. The summed E-state index contributed by atoms with van der Waals surface area (Å²) in [5.41, 5.74) is 6.44. The van der Waals surface area contributed by atoms with Crippen LogP contribution in [0.25, 0.3) is 0 Å². The van der Waals surface area contributed by atoms with Crippen molar-refractivity contribution in [2.24, 2.45) is 5.41 Å². The standard InChI is InChI=1S/C12H15N3O/c1-12(2,3)11(16)15-10-5-4-9(14)6-8(10)7-13/h4-6H,14H2,1-3H3,(H,15,16). The van der Waals surface area contributed by atoms with Crippen LogP contribution in [0.2, 0.25) is 0 Å². The number of nitrogens with two attached hydrogens (primary N) is 1. The Balaban J connectivity index is 2.99. The van der Waals surface area contributed by atoms with Crippen LogP contribution < -0.4 is 11.1 Å². The molecule has 0 atom stereocenters. The molecule has 1 aromatic rings.